The van der Waals surface area contributed by atoms with Crippen LogP contribution in [0.25, 0.3) is 0 Å². The first-order chi connectivity index (χ1) is 9.59. The van der Waals surface area contributed by atoms with Crippen LogP contribution in [0.4, 0.5) is 0 Å². The molecule has 2 aromatic heterocycles. The monoisotopic (exact) mass is 350 g/mol. The van der Waals surface area contributed by atoms with Crippen molar-refractivity contribution in [2.24, 2.45) is 12.2 Å². The van der Waals surface area contributed by atoms with Crippen molar-refractivity contribution in [2.75, 3.05) is 0 Å². The molecule has 0 amide bonds. The maximum Gasteiger partial charge on any atom is 0.259 e. The summed E-state index contributed by atoms with van der Waals surface area (Å²) < 4.78 is 50.3. The smallest absolute Gasteiger partial charge is 0.259 e. The van der Waals surface area contributed by atoms with Crippen LogP contribution in [-0.2, 0) is 33.6 Å². The lowest BCUT2D eigenvalue weighted by Crippen LogP contribution is -2.23. The average molecular weight is 350 g/mol. The molecule has 0 radical (unpaired) electrons. The predicted molar refractivity (Wildman–Crippen MR) is 77.7 cm³/mol. The Hall–Kier alpha value is -1.27. The first-order valence-electron chi connectivity index (χ1n) is 5.71. The van der Waals surface area contributed by atoms with Crippen molar-refractivity contribution in [3.05, 3.63) is 29.0 Å². The lowest BCUT2D eigenvalue weighted by molar-refractivity contribution is 0.578. The van der Waals surface area contributed by atoms with E-state index in [2.05, 4.69) is 9.71 Å². The van der Waals surface area contributed by atoms with Crippen LogP contribution in [0.3, 0.4) is 0 Å². The Balaban J connectivity index is 2.14. The number of aryl methyl sites for hydroxylation is 2. The summed E-state index contributed by atoms with van der Waals surface area (Å²) in [5.41, 5.74) is 0. The largest absolute Gasteiger partial charge is 0.337 e. The van der Waals surface area contributed by atoms with Gasteiger partial charge in [0.2, 0.25) is 10.0 Å². The number of hydrogen-bond donors (Lipinski definition) is 2. The quantitative estimate of drug-likeness (QED) is 0.780. The van der Waals surface area contributed by atoms with Crippen LogP contribution < -0.4 is 9.86 Å². The number of nitrogens with zero attached hydrogens (tertiary/aromatic N) is 2. The molecule has 0 spiro atoms. The van der Waals surface area contributed by atoms with Gasteiger partial charge in [-0.15, -0.1) is 11.3 Å². The van der Waals surface area contributed by atoms with Gasteiger partial charge in [0, 0.05) is 24.7 Å². The number of primary sulfonamides is 1. The molecule has 0 bridgehead atoms. The minimum atomic E-state index is -3.76. The van der Waals surface area contributed by atoms with E-state index in [4.69, 9.17) is 5.14 Å². The van der Waals surface area contributed by atoms with E-state index in [0.717, 1.165) is 11.3 Å². The Kier molecular flexibility index (Phi) is 4.22. The summed E-state index contributed by atoms with van der Waals surface area (Å²) >= 11 is 0.919. The van der Waals surface area contributed by atoms with E-state index < -0.39 is 20.0 Å². The molecular formula is C10H14N4O4S3. The van der Waals surface area contributed by atoms with E-state index in [9.17, 15) is 16.8 Å². The Morgan fingerprint density at radius 1 is 1.33 bits per heavy atom. The average Bonchev–Trinajstić information content (AvgIpc) is 2.95. The van der Waals surface area contributed by atoms with Gasteiger partial charge in [-0.1, -0.05) is 0 Å². The van der Waals surface area contributed by atoms with Crippen molar-refractivity contribution in [2.45, 2.75) is 22.7 Å². The number of sulfonamides is 2. The van der Waals surface area contributed by atoms with Crippen molar-refractivity contribution < 1.29 is 16.8 Å². The highest BCUT2D eigenvalue weighted by molar-refractivity contribution is 7.91. The lowest BCUT2D eigenvalue weighted by atomic mass is 10.5. The standard InChI is InChI=1S/C10H14N4O4S3/c1-7-13-9(6-14(7)2)21(17,18)12-5-8-3-4-10(19-8)20(11,15)16/h3-4,6,12H,5H2,1-2H3,(H2,11,15,16). The van der Waals surface area contributed by atoms with Crippen LogP contribution in [-0.4, -0.2) is 26.4 Å². The van der Waals surface area contributed by atoms with Gasteiger partial charge in [-0.05, 0) is 19.1 Å². The first-order valence-corrected chi connectivity index (χ1v) is 9.55. The SMILES string of the molecule is Cc1nc(S(=O)(=O)NCc2ccc(S(N)(=O)=O)s2)cn1C. The minimum absolute atomic E-state index is 0.00891. The van der Waals surface area contributed by atoms with Crippen LogP contribution in [0.5, 0.6) is 0 Å². The highest BCUT2D eigenvalue weighted by Crippen LogP contribution is 2.20. The fourth-order valence-electron chi connectivity index (χ4n) is 1.50. The van der Waals surface area contributed by atoms with Gasteiger partial charge in [0.15, 0.2) is 5.03 Å². The minimum Gasteiger partial charge on any atom is -0.337 e. The van der Waals surface area contributed by atoms with Gasteiger partial charge in [0.05, 0.1) is 0 Å². The number of nitrogens with two attached hydrogens (primary N) is 1. The molecule has 0 aliphatic heterocycles. The second-order valence-corrected chi connectivity index (χ2v) is 9.00. The summed E-state index contributed by atoms with van der Waals surface area (Å²) in [4.78, 5) is 4.48. The van der Waals surface area contributed by atoms with Gasteiger partial charge in [-0.3, -0.25) is 0 Å². The molecule has 0 aliphatic rings. The fourth-order valence-corrected chi connectivity index (χ4v) is 4.35. The molecule has 0 unspecified atom stereocenters. The van der Waals surface area contributed by atoms with E-state index in [0.29, 0.717) is 10.7 Å². The molecule has 8 nitrogen and oxygen atoms in total. The molecule has 0 fully saturated rings. The Labute approximate surface area is 126 Å². The Morgan fingerprint density at radius 3 is 2.48 bits per heavy atom. The van der Waals surface area contributed by atoms with Crippen LogP contribution in [0, 0.1) is 6.92 Å². The number of hydrogen-bond acceptors (Lipinski definition) is 6. The predicted octanol–water partition coefficient (Wildman–Crippen LogP) is -0.0841. The molecule has 2 aromatic rings. The van der Waals surface area contributed by atoms with Crippen molar-refractivity contribution in [3.8, 4) is 0 Å². The zero-order valence-corrected chi connectivity index (χ0v) is 13.7. The summed E-state index contributed by atoms with van der Waals surface area (Å²) in [6.07, 6.45) is 1.40. The van der Waals surface area contributed by atoms with Gasteiger partial charge in [-0.2, -0.15) is 0 Å². The molecule has 3 N–H and O–H groups in total. The summed E-state index contributed by atoms with van der Waals surface area (Å²) in [6, 6.07) is 2.85. The third kappa shape index (κ3) is 3.68. The molecule has 0 aromatic carbocycles. The number of nitrogens with one attached hydrogen (secondary N) is 1. The third-order valence-electron chi connectivity index (χ3n) is 2.72. The van der Waals surface area contributed by atoms with Crippen molar-refractivity contribution in [3.63, 3.8) is 0 Å². The lowest BCUT2D eigenvalue weighted by Gasteiger charge is -2.01. The van der Waals surface area contributed by atoms with Gasteiger partial charge in [0.25, 0.3) is 10.0 Å². The molecule has 0 aliphatic carbocycles. The molecule has 0 atom stereocenters. The zero-order chi connectivity index (χ0) is 15.8. The third-order valence-corrected chi connectivity index (χ3v) is 6.51. The fraction of sp³-hybridized carbons (Fsp3) is 0.300. The molecule has 11 heteroatoms. The maximum absolute atomic E-state index is 12.0. The van der Waals surface area contributed by atoms with Crippen molar-refractivity contribution in [1.82, 2.24) is 14.3 Å². The molecule has 0 saturated heterocycles. The Bertz CT molecular complexity index is 845. The van der Waals surface area contributed by atoms with Crippen molar-refractivity contribution in [1.29, 1.82) is 0 Å². The van der Waals surface area contributed by atoms with Gasteiger partial charge < -0.3 is 4.57 Å². The number of aromatic nitrogens is 2. The van der Waals surface area contributed by atoms with E-state index in [1.54, 1.807) is 18.5 Å². The van der Waals surface area contributed by atoms with Gasteiger partial charge in [0.1, 0.15) is 10.0 Å². The Morgan fingerprint density at radius 2 is 2.00 bits per heavy atom. The highest BCUT2D eigenvalue weighted by Gasteiger charge is 2.19. The number of thiophene rings is 1. The number of rotatable bonds is 5. The second-order valence-electron chi connectivity index (χ2n) is 4.33. The summed E-state index contributed by atoms with van der Waals surface area (Å²) in [5, 5.41) is 4.92. The van der Waals surface area contributed by atoms with E-state index >= 15 is 0 Å². The molecular weight excluding hydrogens is 336 g/mol. The zero-order valence-electron chi connectivity index (χ0n) is 11.3. The molecule has 2 heterocycles. The van der Waals surface area contributed by atoms with Crippen LogP contribution in [0.2, 0.25) is 0 Å². The topological polar surface area (TPSA) is 124 Å². The van der Waals surface area contributed by atoms with Crippen LogP contribution in [0.15, 0.2) is 27.6 Å². The van der Waals surface area contributed by atoms with E-state index in [1.165, 1.54) is 18.3 Å². The van der Waals surface area contributed by atoms with Gasteiger partial charge >= 0.3 is 0 Å². The number of imidazole rings is 1. The molecule has 2 rings (SSSR count). The second kappa shape index (κ2) is 5.50. The first kappa shape index (κ1) is 16.1. The normalized spacial score (nSPS) is 12.7. The van der Waals surface area contributed by atoms with E-state index in [-0.39, 0.29) is 15.8 Å². The van der Waals surface area contributed by atoms with Crippen LogP contribution in [0.1, 0.15) is 10.7 Å². The van der Waals surface area contributed by atoms with Crippen molar-refractivity contribution >= 4 is 31.4 Å². The molecule has 0 saturated carbocycles. The van der Waals surface area contributed by atoms with Crippen LogP contribution >= 0.6 is 11.3 Å². The maximum atomic E-state index is 12.0. The molecule has 116 valence electrons. The van der Waals surface area contributed by atoms with Gasteiger partial charge in [-0.25, -0.2) is 31.7 Å². The molecule has 21 heavy (non-hydrogen) atoms. The summed E-state index contributed by atoms with van der Waals surface area (Å²) in [5.74, 6) is 0.572. The summed E-state index contributed by atoms with van der Waals surface area (Å²) in [7, 11) is -5.81. The summed E-state index contributed by atoms with van der Waals surface area (Å²) in [6.45, 7) is 1.66. The van der Waals surface area contributed by atoms with E-state index in [1.807, 2.05) is 0 Å². The highest BCUT2D eigenvalue weighted by atomic mass is 32.2.